The molecule has 1 heterocycles. The summed E-state index contributed by atoms with van der Waals surface area (Å²) in [5.41, 5.74) is 0. The predicted molar refractivity (Wildman–Crippen MR) is 191 cm³/mol. The van der Waals surface area contributed by atoms with Crippen LogP contribution in [0.4, 0.5) is 0 Å². The lowest BCUT2D eigenvalue weighted by molar-refractivity contribution is 1.30. The Morgan fingerprint density at radius 3 is 1.50 bits per heavy atom. The molecule has 2 atom stereocenters. The highest BCUT2D eigenvalue weighted by Gasteiger charge is 2.40. The van der Waals surface area contributed by atoms with Crippen LogP contribution >= 0.6 is 193 Å². The van der Waals surface area contributed by atoms with Crippen LogP contribution in [0, 0.1) is 0 Å². The fraction of sp³-hybridized carbons (Fsp3) is 1.00. The molecule has 1 aliphatic heterocycles. The molecule has 0 aliphatic carbocycles. The molecule has 1 fully saturated rings. The summed E-state index contributed by atoms with van der Waals surface area (Å²) in [6.45, 7) is 0. The van der Waals surface area contributed by atoms with Crippen LogP contribution in [0.3, 0.4) is 0 Å². The summed E-state index contributed by atoms with van der Waals surface area (Å²) in [5.74, 6) is 1.21. The van der Waals surface area contributed by atoms with Gasteiger partial charge in [0, 0.05) is 41.3 Å². The second-order valence-electron chi connectivity index (χ2n) is 5.04. The fourth-order valence-electron chi connectivity index (χ4n) is 2.04. The van der Waals surface area contributed by atoms with E-state index in [9.17, 15) is 0 Å². The van der Waals surface area contributed by atoms with Crippen LogP contribution in [0.1, 0.15) is 0 Å². The minimum atomic E-state index is 0.357. The van der Waals surface area contributed by atoms with E-state index in [1.807, 2.05) is 70.6 Å². The third-order valence-corrected chi connectivity index (χ3v) is 22.6. The van der Waals surface area contributed by atoms with Gasteiger partial charge in [-0.15, -0.1) is 118 Å². The molecule has 0 aromatic heterocycles. The van der Waals surface area contributed by atoms with Crippen LogP contribution in [-0.4, -0.2) is 69.3 Å². The van der Waals surface area contributed by atoms with Crippen molar-refractivity contribution in [1.29, 1.82) is 0 Å². The zero-order valence-corrected chi connectivity index (χ0v) is 29.6. The van der Waals surface area contributed by atoms with E-state index in [1.165, 1.54) is 10.8 Å². The molecule has 0 spiro atoms. The molecule has 1 saturated heterocycles. The standard InChI is InChI=1S/C14H28S16/c1-20-2-14(28-9-29-14)27-8-26-13(11(23-5-17)24-6-18)30-12(25-7-19)10(21-3-15)22-4-16/h10-13,15-19H,2-9H2,1H3. The number of hydrogen-bond donors (Lipinski definition) is 5. The maximum atomic E-state index is 4.54. The average molecular weight is 709 g/mol. The smallest absolute Gasteiger partial charge is 0.118 e. The molecule has 1 aliphatic rings. The van der Waals surface area contributed by atoms with Gasteiger partial charge in [-0.3, -0.25) is 0 Å². The van der Waals surface area contributed by atoms with Crippen molar-refractivity contribution in [1.82, 2.24) is 0 Å². The van der Waals surface area contributed by atoms with Crippen molar-refractivity contribution in [3.63, 3.8) is 0 Å². The molecule has 30 heavy (non-hydrogen) atoms. The highest BCUT2D eigenvalue weighted by atomic mass is 32.3. The first kappa shape index (κ1) is 33.6. The van der Waals surface area contributed by atoms with E-state index in [2.05, 4.69) is 128 Å². The lowest BCUT2D eigenvalue weighted by Gasteiger charge is -2.39. The molecule has 0 aromatic carbocycles. The van der Waals surface area contributed by atoms with E-state index in [0.717, 1.165) is 30.5 Å². The highest BCUT2D eigenvalue weighted by Crippen LogP contribution is 2.60. The molecule has 0 amide bonds. The molecule has 0 N–H and O–H groups in total. The van der Waals surface area contributed by atoms with Gasteiger partial charge in [0.05, 0.1) is 18.3 Å². The molecular weight excluding hydrogens is 681 g/mol. The highest BCUT2D eigenvalue weighted by molar-refractivity contribution is 8.46. The molecule has 2 unspecified atom stereocenters. The van der Waals surface area contributed by atoms with Gasteiger partial charge in [0.25, 0.3) is 0 Å². The first-order valence-electron chi connectivity index (χ1n) is 8.39. The van der Waals surface area contributed by atoms with Crippen molar-refractivity contribution in [2.45, 2.75) is 21.7 Å². The molecule has 0 nitrogen and oxygen atoms in total. The summed E-state index contributed by atoms with van der Waals surface area (Å²) in [7, 11) is 0. The second-order valence-corrected chi connectivity index (χ2v) is 24.2. The minimum absolute atomic E-state index is 0.357. The van der Waals surface area contributed by atoms with E-state index in [1.54, 1.807) is 0 Å². The molecule has 0 aromatic rings. The molecule has 16 heteroatoms. The Morgan fingerprint density at radius 1 is 0.700 bits per heavy atom. The van der Waals surface area contributed by atoms with Crippen LogP contribution in [0.2, 0.25) is 0 Å². The zero-order valence-electron chi connectivity index (χ0n) is 16.2. The van der Waals surface area contributed by atoms with Crippen molar-refractivity contribution in [3.8, 4) is 0 Å². The summed E-state index contributed by atoms with van der Waals surface area (Å²) in [6, 6.07) is 0. The van der Waals surface area contributed by atoms with Crippen molar-refractivity contribution < 1.29 is 0 Å². The van der Waals surface area contributed by atoms with Crippen LogP contribution in [-0.2, 0) is 0 Å². The normalized spacial score (nSPS) is 18.0. The Balaban J connectivity index is 2.85. The van der Waals surface area contributed by atoms with Crippen molar-refractivity contribution in [3.05, 3.63) is 0 Å². The molecular formula is C14H28S16. The van der Waals surface area contributed by atoms with E-state index in [-0.39, 0.29) is 0 Å². The van der Waals surface area contributed by atoms with Gasteiger partial charge >= 0.3 is 0 Å². The van der Waals surface area contributed by atoms with Gasteiger partial charge in [0.1, 0.15) is 3.41 Å². The summed E-state index contributed by atoms with van der Waals surface area (Å²) in [6.07, 6.45) is 2.22. The number of hydrogen-bond acceptors (Lipinski definition) is 16. The molecule has 0 bridgehead atoms. The second kappa shape index (κ2) is 21.5. The van der Waals surface area contributed by atoms with Gasteiger partial charge in [-0.25, -0.2) is 0 Å². The van der Waals surface area contributed by atoms with Crippen LogP contribution in [0.25, 0.3) is 0 Å². The van der Waals surface area contributed by atoms with E-state index in [0.29, 0.717) is 21.7 Å². The maximum Gasteiger partial charge on any atom is 0.118 e. The lowest BCUT2D eigenvalue weighted by Crippen LogP contribution is -2.28. The maximum absolute atomic E-state index is 4.54. The van der Waals surface area contributed by atoms with E-state index in [4.69, 9.17) is 0 Å². The molecule has 0 saturated carbocycles. The third-order valence-electron chi connectivity index (χ3n) is 3.30. The SMILES string of the molecule is CSCC1(SCSC(SC(SCS)C(SCS)SCS)C(SCS)SCS)SCS1. The van der Waals surface area contributed by atoms with Crippen molar-refractivity contribution >= 4 is 193 Å². The quantitative estimate of drug-likeness (QED) is 0.0608. The summed E-state index contributed by atoms with van der Waals surface area (Å²) in [5, 5.41) is 6.51. The van der Waals surface area contributed by atoms with Gasteiger partial charge in [0.2, 0.25) is 0 Å². The number of rotatable bonds is 20. The van der Waals surface area contributed by atoms with Crippen LogP contribution in [0.5, 0.6) is 0 Å². The number of thiol groups is 5. The van der Waals surface area contributed by atoms with Crippen LogP contribution < -0.4 is 0 Å². The Bertz CT molecular complexity index is 397. The van der Waals surface area contributed by atoms with Crippen molar-refractivity contribution in [2.24, 2.45) is 0 Å². The van der Waals surface area contributed by atoms with E-state index < -0.39 is 0 Å². The average Bonchev–Trinajstić information content (AvgIpc) is 2.70. The molecule has 0 radical (unpaired) electrons. The number of thioether (sulfide) groups is 11. The first-order valence-corrected chi connectivity index (χ1v) is 23.1. The zero-order chi connectivity index (χ0) is 22.2. The third kappa shape index (κ3) is 13.4. The molecule has 1 rings (SSSR count). The first-order chi connectivity index (χ1) is 14.6. The molecule has 180 valence electrons. The van der Waals surface area contributed by atoms with Gasteiger partial charge in [-0.05, 0) is 6.26 Å². The summed E-state index contributed by atoms with van der Waals surface area (Å²) >= 11 is 44.7. The van der Waals surface area contributed by atoms with E-state index >= 15 is 0 Å². The van der Waals surface area contributed by atoms with Gasteiger partial charge in [-0.2, -0.15) is 74.9 Å². The Hall–Kier alpha value is 5.60. The predicted octanol–water partition coefficient (Wildman–Crippen LogP) is 9.00. The fourth-order valence-corrected chi connectivity index (χ4v) is 23.5. The summed E-state index contributed by atoms with van der Waals surface area (Å²) < 4.78 is 2.22. The monoisotopic (exact) mass is 708 g/mol. The van der Waals surface area contributed by atoms with Crippen LogP contribution in [0.15, 0.2) is 0 Å². The topological polar surface area (TPSA) is 0 Å². The largest absolute Gasteiger partial charge is 0.168 e. The van der Waals surface area contributed by atoms with Crippen molar-refractivity contribution in [2.75, 3.05) is 47.6 Å². The lowest BCUT2D eigenvalue weighted by atomic mass is 10.9. The Morgan fingerprint density at radius 2 is 1.13 bits per heavy atom. The Labute approximate surface area is 258 Å². The van der Waals surface area contributed by atoms with Gasteiger partial charge in [0.15, 0.2) is 0 Å². The minimum Gasteiger partial charge on any atom is -0.168 e. The van der Waals surface area contributed by atoms with Gasteiger partial charge < -0.3 is 0 Å². The van der Waals surface area contributed by atoms with Gasteiger partial charge in [-0.1, -0.05) is 0 Å². The summed E-state index contributed by atoms with van der Waals surface area (Å²) in [4.78, 5) is 0. The Kier molecular flexibility index (Phi) is 24.1.